The monoisotopic (exact) mass is 218 g/mol. The van der Waals surface area contributed by atoms with Gasteiger partial charge in [-0.2, -0.15) is 0 Å². The Bertz CT molecular complexity index is 451. The van der Waals surface area contributed by atoms with E-state index in [9.17, 15) is 0 Å². The third kappa shape index (κ3) is 2.13. The second-order valence-corrected chi connectivity index (χ2v) is 3.65. The van der Waals surface area contributed by atoms with Gasteiger partial charge in [-0.25, -0.2) is 0 Å². The number of ether oxygens (including phenoxy) is 1. The third-order valence-corrected chi connectivity index (χ3v) is 2.48. The highest BCUT2D eigenvalue weighted by Crippen LogP contribution is 2.31. The summed E-state index contributed by atoms with van der Waals surface area (Å²) in [4.78, 5) is 0. The van der Waals surface area contributed by atoms with E-state index in [2.05, 4.69) is 0 Å². The third-order valence-electron chi connectivity index (χ3n) is 2.25. The Labute approximate surface area is 94.3 Å². The van der Waals surface area contributed by atoms with E-state index in [1.807, 2.05) is 48.5 Å². The van der Waals surface area contributed by atoms with E-state index in [-0.39, 0.29) is 0 Å². The van der Waals surface area contributed by atoms with Crippen molar-refractivity contribution >= 4 is 11.6 Å². The molecule has 15 heavy (non-hydrogen) atoms. The first-order chi connectivity index (χ1) is 7.31. The average molecular weight is 219 g/mol. The molecular weight excluding hydrogens is 208 g/mol. The highest BCUT2D eigenvalue weighted by molar-refractivity contribution is 6.31. The molecule has 1 nitrogen and oxygen atoms in total. The van der Waals surface area contributed by atoms with E-state index in [0.717, 1.165) is 21.9 Å². The molecule has 0 aliphatic carbocycles. The number of hydrogen-bond donors (Lipinski definition) is 0. The van der Waals surface area contributed by atoms with Crippen molar-refractivity contribution in [1.82, 2.24) is 0 Å². The Morgan fingerprint density at radius 3 is 2.40 bits per heavy atom. The predicted octanol–water partition coefficient (Wildman–Crippen LogP) is 4.02. The summed E-state index contributed by atoms with van der Waals surface area (Å²) in [6.07, 6.45) is 0. The van der Waals surface area contributed by atoms with Gasteiger partial charge in [0, 0.05) is 10.6 Å². The van der Waals surface area contributed by atoms with Gasteiger partial charge in [0.05, 0.1) is 7.11 Å². The van der Waals surface area contributed by atoms with Gasteiger partial charge in [-0.3, -0.25) is 0 Å². The Morgan fingerprint density at radius 1 is 1.00 bits per heavy atom. The summed E-state index contributed by atoms with van der Waals surface area (Å²) in [5.41, 5.74) is 2.13. The van der Waals surface area contributed by atoms with Crippen LogP contribution in [0.1, 0.15) is 0 Å². The minimum atomic E-state index is 0.717. The number of benzene rings is 2. The fourth-order valence-electron chi connectivity index (χ4n) is 1.52. The first kappa shape index (κ1) is 10.1. The Morgan fingerprint density at radius 2 is 1.73 bits per heavy atom. The maximum atomic E-state index is 5.97. The molecule has 2 aromatic carbocycles. The van der Waals surface area contributed by atoms with Crippen LogP contribution in [0.2, 0.25) is 5.02 Å². The molecule has 0 bridgehead atoms. The largest absolute Gasteiger partial charge is 0.496 e. The average Bonchev–Trinajstić information content (AvgIpc) is 2.30. The number of methoxy groups -OCH3 is 1. The summed E-state index contributed by atoms with van der Waals surface area (Å²) in [6, 6.07) is 15.7. The van der Waals surface area contributed by atoms with Gasteiger partial charge in [-0.05, 0) is 23.8 Å². The zero-order valence-electron chi connectivity index (χ0n) is 8.41. The van der Waals surface area contributed by atoms with Crippen LogP contribution in [0.3, 0.4) is 0 Å². The lowest BCUT2D eigenvalue weighted by atomic mass is 10.1. The number of halogens is 1. The summed E-state index contributed by atoms with van der Waals surface area (Å²) in [5.74, 6) is 0.839. The van der Waals surface area contributed by atoms with Crippen LogP contribution in [0.25, 0.3) is 11.1 Å². The maximum Gasteiger partial charge on any atom is 0.126 e. The molecule has 0 spiro atoms. The summed E-state index contributed by atoms with van der Waals surface area (Å²) in [6.45, 7) is 0. The molecule has 0 aromatic heterocycles. The lowest BCUT2D eigenvalue weighted by Gasteiger charge is -2.08. The van der Waals surface area contributed by atoms with E-state index in [1.165, 1.54) is 0 Å². The maximum absolute atomic E-state index is 5.97. The number of rotatable bonds is 2. The Kier molecular flexibility index (Phi) is 2.93. The molecular formula is C13H11ClO. The second-order valence-electron chi connectivity index (χ2n) is 3.21. The van der Waals surface area contributed by atoms with Crippen LogP contribution in [0.5, 0.6) is 5.75 Å². The zero-order chi connectivity index (χ0) is 10.7. The van der Waals surface area contributed by atoms with E-state index < -0.39 is 0 Å². The molecule has 0 heterocycles. The van der Waals surface area contributed by atoms with Gasteiger partial charge in [0.15, 0.2) is 0 Å². The fourth-order valence-corrected chi connectivity index (χ4v) is 1.70. The molecule has 2 aromatic rings. The van der Waals surface area contributed by atoms with Crippen LogP contribution in [0, 0.1) is 0 Å². The van der Waals surface area contributed by atoms with Crippen LogP contribution < -0.4 is 4.74 Å². The van der Waals surface area contributed by atoms with E-state index >= 15 is 0 Å². The number of hydrogen-bond acceptors (Lipinski definition) is 1. The van der Waals surface area contributed by atoms with Crippen LogP contribution in [-0.4, -0.2) is 7.11 Å². The molecule has 0 unspecified atom stereocenters. The Balaban J connectivity index is 2.56. The molecule has 0 saturated heterocycles. The SMILES string of the molecule is COc1ccc(Cl)cc1-c1ccccc1. The zero-order valence-corrected chi connectivity index (χ0v) is 9.16. The minimum Gasteiger partial charge on any atom is -0.496 e. The smallest absolute Gasteiger partial charge is 0.126 e. The topological polar surface area (TPSA) is 9.23 Å². The van der Waals surface area contributed by atoms with Crippen LogP contribution in [-0.2, 0) is 0 Å². The molecule has 0 saturated carbocycles. The molecule has 0 amide bonds. The van der Waals surface area contributed by atoms with Gasteiger partial charge in [0.2, 0.25) is 0 Å². The van der Waals surface area contributed by atoms with E-state index in [4.69, 9.17) is 16.3 Å². The van der Waals surface area contributed by atoms with Gasteiger partial charge >= 0.3 is 0 Å². The molecule has 0 N–H and O–H groups in total. The Hall–Kier alpha value is -1.47. The summed E-state index contributed by atoms with van der Waals surface area (Å²) >= 11 is 5.97. The normalized spacial score (nSPS) is 10.0. The standard InChI is InChI=1S/C13H11ClO/c1-15-13-8-7-11(14)9-12(13)10-5-3-2-4-6-10/h2-9H,1H3. The molecule has 0 fully saturated rings. The van der Waals surface area contributed by atoms with Crippen molar-refractivity contribution in [3.05, 3.63) is 53.6 Å². The van der Waals surface area contributed by atoms with Gasteiger partial charge in [-0.15, -0.1) is 0 Å². The highest BCUT2D eigenvalue weighted by atomic mass is 35.5. The first-order valence-electron chi connectivity index (χ1n) is 4.70. The predicted molar refractivity (Wildman–Crippen MR) is 63.4 cm³/mol. The molecule has 0 radical (unpaired) electrons. The van der Waals surface area contributed by atoms with Gasteiger partial charge in [-0.1, -0.05) is 41.9 Å². The first-order valence-corrected chi connectivity index (χ1v) is 5.08. The lowest BCUT2D eigenvalue weighted by Crippen LogP contribution is -1.87. The van der Waals surface area contributed by atoms with Crippen molar-refractivity contribution in [1.29, 1.82) is 0 Å². The minimum absolute atomic E-state index is 0.717. The van der Waals surface area contributed by atoms with Crippen molar-refractivity contribution in [2.45, 2.75) is 0 Å². The summed E-state index contributed by atoms with van der Waals surface area (Å²) in [5, 5.41) is 0.717. The van der Waals surface area contributed by atoms with Gasteiger partial charge < -0.3 is 4.74 Å². The molecule has 0 atom stereocenters. The quantitative estimate of drug-likeness (QED) is 0.740. The van der Waals surface area contributed by atoms with Crippen molar-refractivity contribution in [2.75, 3.05) is 7.11 Å². The molecule has 2 heteroatoms. The van der Waals surface area contributed by atoms with Crippen LogP contribution >= 0.6 is 11.6 Å². The second kappa shape index (κ2) is 4.37. The van der Waals surface area contributed by atoms with Gasteiger partial charge in [0.25, 0.3) is 0 Å². The van der Waals surface area contributed by atoms with Crippen molar-refractivity contribution in [3.8, 4) is 16.9 Å². The molecule has 0 aliphatic rings. The highest BCUT2D eigenvalue weighted by Gasteiger charge is 2.05. The lowest BCUT2D eigenvalue weighted by molar-refractivity contribution is 0.416. The van der Waals surface area contributed by atoms with Gasteiger partial charge in [0.1, 0.15) is 5.75 Å². The van der Waals surface area contributed by atoms with E-state index in [1.54, 1.807) is 7.11 Å². The summed E-state index contributed by atoms with van der Waals surface area (Å²) < 4.78 is 5.30. The van der Waals surface area contributed by atoms with Crippen molar-refractivity contribution in [2.24, 2.45) is 0 Å². The van der Waals surface area contributed by atoms with Crippen molar-refractivity contribution in [3.63, 3.8) is 0 Å². The van der Waals surface area contributed by atoms with E-state index in [0.29, 0.717) is 0 Å². The van der Waals surface area contributed by atoms with Crippen LogP contribution in [0.15, 0.2) is 48.5 Å². The molecule has 76 valence electrons. The summed E-state index contributed by atoms with van der Waals surface area (Å²) in [7, 11) is 1.66. The fraction of sp³-hybridized carbons (Fsp3) is 0.0769. The van der Waals surface area contributed by atoms with Crippen molar-refractivity contribution < 1.29 is 4.74 Å². The van der Waals surface area contributed by atoms with Crippen LogP contribution in [0.4, 0.5) is 0 Å². The molecule has 2 rings (SSSR count). The molecule has 0 aliphatic heterocycles.